The third-order valence-corrected chi connectivity index (χ3v) is 11.2. The fourth-order valence-corrected chi connectivity index (χ4v) is 8.02. The van der Waals surface area contributed by atoms with Gasteiger partial charge in [0.15, 0.2) is 0 Å². The monoisotopic (exact) mass is 700 g/mol. The van der Waals surface area contributed by atoms with Crippen LogP contribution in [0, 0.1) is 20.8 Å². The highest BCUT2D eigenvalue weighted by Gasteiger charge is 2.31. The standard InChI is InChI=1S/C45H69N3O3/c1-16-31-19-37(43(7,8)9)40(49)28(4)34(31)22-46-25-47(23-35-29(5)41(50)38(44(10,11)12)20-32(35)17-2)27-48(26-46)24-36-30(6)42(51)39(45(13,14)15)21-33(36)18-3/h19-21,49-51H,16-18,22-27H2,1-15H3. The second-order valence-electron chi connectivity index (χ2n) is 18.3. The van der Waals surface area contributed by atoms with Gasteiger partial charge in [0.2, 0.25) is 0 Å². The van der Waals surface area contributed by atoms with E-state index in [0.717, 1.165) is 92.3 Å². The molecule has 1 saturated heterocycles. The molecule has 282 valence electrons. The molecule has 51 heavy (non-hydrogen) atoms. The molecule has 6 heteroatoms. The van der Waals surface area contributed by atoms with Gasteiger partial charge in [0.05, 0.1) is 20.0 Å². The fourth-order valence-electron chi connectivity index (χ4n) is 8.02. The smallest absolute Gasteiger partial charge is 0.122 e. The summed E-state index contributed by atoms with van der Waals surface area (Å²) in [5.41, 5.74) is 13.0. The average Bonchev–Trinajstić information content (AvgIpc) is 3.02. The van der Waals surface area contributed by atoms with Gasteiger partial charge in [0, 0.05) is 19.6 Å². The van der Waals surface area contributed by atoms with Crippen LogP contribution in [-0.2, 0) is 55.1 Å². The third-order valence-electron chi connectivity index (χ3n) is 11.2. The molecule has 0 bridgehead atoms. The van der Waals surface area contributed by atoms with E-state index in [1.54, 1.807) is 0 Å². The van der Waals surface area contributed by atoms with E-state index < -0.39 is 0 Å². The Morgan fingerprint density at radius 1 is 0.451 bits per heavy atom. The number of phenolic OH excluding ortho intramolecular Hbond substituents is 3. The van der Waals surface area contributed by atoms with Crippen LogP contribution in [0.4, 0.5) is 0 Å². The molecule has 0 amide bonds. The van der Waals surface area contributed by atoms with E-state index in [4.69, 9.17) is 0 Å². The van der Waals surface area contributed by atoms with Crippen LogP contribution >= 0.6 is 0 Å². The summed E-state index contributed by atoms with van der Waals surface area (Å²) in [5, 5.41) is 34.4. The molecule has 4 rings (SSSR count). The summed E-state index contributed by atoms with van der Waals surface area (Å²) in [6.07, 6.45) is 2.70. The van der Waals surface area contributed by atoms with Gasteiger partial charge in [-0.05, 0) is 123 Å². The summed E-state index contributed by atoms with van der Waals surface area (Å²) in [4.78, 5) is 7.49. The molecule has 0 aliphatic carbocycles. The van der Waals surface area contributed by atoms with Gasteiger partial charge < -0.3 is 15.3 Å². The number of rotatable bonds is 9. The molecule has 3 aromatic rings. The Morgan fingerprint density at radius 2 is 0.667 bits per heavy atom. The first kappa shape index (κ1) is 40.7. The molecule has 1 aliphatic rings. The van der Waals surface area contributed by atoms with Crippen LogP contribution in [0.25, 0.3) is 0 Å². The number of aromatic hydroxyl groups is 3. The third kappa shape index (κ3) is 8.61. The van der Waals surface area contributed by atoms with Crippen LogP contribution in [0.1, 0.15) is 150 Å². The summed E-state index contributed by atoms with van der Waals surface area (Å²) in [5.74, 6) is 1.24. The highest BCUT2D eigenvalue weighted by molar-refractivity contribution is 5.54. The van der Waals surface area contributed by atoms with Crippen molar-refractivity contribution in [2.24, 2.45) is 0 Å². The zero-order chi connectivity index (χ0) is 38.4. The van der Waals surface area contributed by atoms with E-state index in [-0.39, 0.29) is 16.2 Å². The van der Waals surface area contributed by atoms with Crippen molar-refractivity contribution in [3.63, 3.8) is 0 Å². The van der Waals surface area contributed by atoms with E-state index in [1.165, 1.54) is 33.4 Å². The largest absolute Gasteiger partial charge is 0.507 e. The van der Waals surface area contributed by atoms with Gasteiger partial charge >= 0.3 is 0 Å². The van der Waals surface area contributed by atoms with Crippen LogP contribution in [-0.4, -0.2) is 50.0 Å². The summed E-state index contributed by atoms with van der Waals surface area (Å²) < 4.78 is 0. The molecule has 1 fully saturated rings. The number of benzene rings is 3. The summed E-state index contributed by atoms with van der Waals surface area (Å²) in [7, 11) is 0. The maximum atomic E-state index is 11.5. The van der Waals surface area contributed by atoms with Crippen LogP contribution in [0.5, 0.6) is 17.2 Å². The minimum absolute atomic E-state index is 0.151. The van der Waals surface area contributed by atoms with Crippen LogP contribution in [0.2, 0.25) is 0 Å². The SMILES string of the molecule is CCc1cc(C(C)(C)C)c(O)c(C)c1CN1CN(Cc2c(CC)cc(C(C)(C)C)c(O)c2C)CN(Cc2c(CC)cc(C(C)(C)C)c(O)c2C)C1. The summed E-state index contributed by atoms with van der Waals surface area (Å²) >= 11 is 0. The molecule has 0 aromatic heterocycles. The molecule has 3 N–H and O–H groups in total. The van der Waals surface area contributed by atoms with Gasteiger partial charge in [-0.2, -0.15) is 0 Å². The maximum absolute atomic E-state index is 11.5. The molecule has 6 nitrogen and oxygen atoms in total. The lowest BCUT2D eigenvalue weighted by Crippen LogP contribution is -2.54. The Morgan fingerprint density at radius 3 is 0.843 bits per heavy atom. The van der Waals surface area contributed by atoms with Crippen molar-refractivity contribution >= 4 is 0 Å². The molecule has 0 spiro atoms. The zero-order valence-electron chi connectivity index (χ0n) is 34.8. The second-order valence-corrected chi connectivity index (χ2v) is 18.3. The molecular formula is C45H69N3O3. The molecule has 3 aromatic carbocycles. The minimum Gasteiger partial charge on any atom is -0.507 e. The van der Waals surface area contributed by atoms with Crippen LogP contribution in [0.15, 0.2) is 18.2 Å². The number of hydrogen-bond acceptors (Lipinski definition) is 6. The lowest BCUT2D eigenvalue weighted by Gasteiger charge is -2.43. The van der Waals surface area contributed by atoms with Crippen LogP contribution < -0.4 is 0 Å². The van der Waals surface area contributed by atoms with Crippen molar-refractivity contribution in [1.82, 2.24) is 14.7 Å². The predicted octanol–water partition coefficient (Wildman–Crippen LogP) is 10.0. The van der Waals surface area contributed by atoms with Crippen molar-refractivity contribution in [3.8, 4) is 17.2 Å². The number of hydrogen-bond donors (Lipinski definition) is 3. The molecule has 1 aliphatic heterocycles. The highest BCUT2D eigenvalue weighted by Crippen LogP contribution is 2.41. The number of phenols is 3. The molecule has 0 radical (unpaired) electrons. The molecule has 0 unspecified atom stereocenters. The summed E-state index contributed by atoms with van der Waals surface area (Å²) in [6, 6.07) is 6.68. The normalized spacial score (nSPS) is 15.6. The Kier molecular flexibility index (Phi) is 12.1. The van der Waals surface area contributed by atoms with Gasteiger partial charge in [0.25, 0.3) is 0 Å². The Bertz CT molecular complexity index is 1530. The maximum Gasteiger partial charge on any atom is 0.122 e. The topological polar surface area (TPSA) is 70.4 Å². The van der Waals surface area contributed by atoms with Crippen LogP contribution in [0.3, 0.4) is 0 Å². The fraction of sp³-hybridized carbons (Fsp3) is 0.600. The van der Waals surface area contributed by atoms with Crippen molar-refractivity contribution < 1.29 is 15.3 Å². The number of nitrogens with zero attached hydrogens (tertiary/aromatic N) is 3. The average molecular weight is 700 g/mol. The van der Waals surface area contributed by atoms with Crippen molar-refractivity contribution in [2.75, 3.05) is 20.0 Å². The van der Waals surface area contributed by atoms with Gasteiger partial charge in [0.1, 0.15) is 17.2 Å². The quantitative estimate of drug-likeness (QED) is 0.207. The van der Waals surface area contributed by atoms with Gasteiger partial charge in [-0.25, -0.2) is 0 Å². The number of aryl methyl sites for hydroxylation is 3. The van der Waals surface area contributed by atoms with Crippen molar-refractivity contribution in [1.29, 1.82) is 0 Å². The second kappa shape index (κ2) is 15.1. The first-order valence-electron chi connectivity index (χ1n) is 19.2. The van der Waals surface area contributed by atoms with Gasteiger partial charge in [-0.3, -0.25) is 14.7 Å². The molecule has 0 atom stereocenters. The molecule has 1 heterocycles. The Hall–Kier alpha value is -3.06. The first-order valence-corrected chi connectivity index (χ1v) is 19.2. The minimum atomic E-state index is -0.151. The van der Waals surface area contributed by atoms with Gasteiger partial charge in [-0.1, -0.05) is 101 Å². The lowest BCUT2D eigenvalue weighted by molar-refractivity contribution is -0.0427. The van der Waals surface area contributed by atoms with Gasteiger partial charge in [-0.15, -0.1) is 0 Å². The van der Waals surface area contributed by atoms with E-state index in [9.17, 15) is 15.3 Å². The molecular weight excluding hydrogens is 631 g/mol. The lowest BCUT2D eigenvalue weighted by atomic mass is 9.82. The Labute approximate surface area is 310 Å². The highest BCUT2D eigenvalue weighted by atomic mass is 16.3. The predicted molar refractivity (Wildman–Crippen MR) is 214 cm³/mol. The van der Waals surface area contributed by atoms with E-state index >= 15 is 0 Å². The first-order chi connectivity index (χ1) is 23.5. The zero-order valence-corrected chi connectivity index (χ0v) is 34.8. The van der Waals surface area contributed by atoms with Crippen molar-refractivity contribution in [2.45, 2.75) is 159 Å². The summed E-state index contributed by atoms with van der Waals surface area (Å²) in [6.45, 7) is 36.8. The van der Waals surface area contributed by atoms with E-state index in [1.807, 2.05) is 0 Å². The van der Waals surface area contributed by atoms with E-state index in [2.05, 4.69) is 137 Å². The van der Waals surface area contributed by atoms with E-state index in [0.29, 0.717) is 17.2 Å². The van der Waals surface area contributed by atoms with Crippen molar-refractivity contribution in [3.05, 3.63) is 85.0 Å². The molecule has 0 saturated carbocycles. The Balaban J connectivity index is 1.80.